The van der Waals surface area contributed by atoms with E-state index < -0.39 is 157 Å². The van der Waals surface area contributed by atoms with Crippen molar-refractivity contribution in [3.8, 4) is 11.5 Å². The van der Waals surface area contributed by atoms with Crippen LogP contribution in [0.4, 0.5) is 57.9 Å². The van der Waals surface area contributed by atoms with Gasteiger partial charge in [-0.05, 0) is 101 Å². The average molecular weight is 1450 g/mol. The van der Waals surface area contributed by atoms with E-state index in [1.807, 2.05) is 4.90 Å². The summed E-state index contributed by atoms with van der Waals surface area (Å²) in [5.74, 6) is -2.47. The number of fused-ring (bicyclic) bond motifs is 3. The van der Waals surface area contributed by atoms with E-state index in [-0.39, 0.29) is 111 Å². The summed E-state index contributed by atoms with van der Waals surface area (Å²) in [6.45, 7) is 2.07. The van der Waals surface area contributed by atoms with Crippen molar-refractivity contribution in [2.45, 2.75) is 29.4 Å². The quantitative estimate of drug-likeness (QED) is 0.0304. The number of nitrogens with one attached hydrogen (secondary N) is 3. The Bertz CT molecular complexity index is 5340. The summed E-state index contributed by atoms with van der Waals surface area (Å²) in [5, 5.41) is 43.7. The van der Waals surface area contributed by atoms with Crippen LogP contribution in [0.3, 0.4) is 0 Å². The topological polar surface area (TPSA) is 542 Å². The number of aromatic nitrogens is 6. The Balaban J connectivity index is 0.00000556. The van der Waals surface area contributed by atoms with Crippen LogP contribution in [-0.2, 0) is 60.7 Å². The van der Waals surface area contributed by atoms with Gasteiger partial charge in [0.15, 0.2) is 11.5 Å². The minimum absolute atomic E-state index is 0. The molecule has 9 N–H and O–H groups in total. The second kappa shape index (κ2) is 27.6. The van der Waals surface area contributed by atoms with Crippen LogP contribution in [0, 0.1) is 0 Å². The van der Waals surface area contributed by atoms with Gasteiger partial charge in [-0.2, -0.15) is 63.6 Å². The van der Waals surface area contributed by atoms with Gasteiger partial charge in [-0.15, -0.1) is 20.5 Å². The molecule has 0 radical (unpaired) electrons. The third kappa shape index (κ3) is 16.4. The molecule has 93 heavy (non-hydrogen) atoms. The summed E-state index contributed by atoms with van der Waals surface area (Å²) in [5.41, 5.74) is -3.46. The van der Waals surface area contributed by atoms with Crippen molar-refractivity contribution in [3.63, 3.8) is 0 Å². The third-order valence-corrected chi connectivity index (χ3v) is 18.9. The third-order valence-electron chi connectivity index (χ3n) is 13.2. The van der Waals surface area contributed by atoms with Crippen LogP contribution in [-0.4, -0.2) is 162 Å². The molecule has 1 saturated heterocycles. The van der Waals surface area contributed by atoms with Gasteiger partial charge in [-0.1, -0.05) is 30.3 Å². The van der Waals surface area contributed by atoms with E-state index in [4.69, 9.17) is 23.2 Å². The fourth-order valence-electron chi connectivity index (χ4n) is 9.31. The number of anilines is 6. The molecular formula is C48H37Cl2N15Na2O20S6. The zero-order valence-electron chi connectivity index (χ0n) is 47.0. The summed E-state index contributed by atoms with van der Waals surface area (Å²) in [4.78, 5) is 23.2. The average Bonchev–Trinajstić information content (AvgIpc) is 0.761. The summed E-state index contributed by atoms with van der Waals surface area (Å²) in [7, 11) is -31.3. The molecular weight excluding hydrogens is 1420 g/mol. The molecule has 2 aromatic heterocycles. The second-order valence-corrected chi connectivity index (χ2v) is 28.0. The maximum Gasteiger partial charge on any atom is 1.00 e. The molecule has 1 fully saturated rings. The summed E-state index contributed by atoms with van der Waals surface area (Å²) >= 11 is 12.6. The van der Waals surface area contributed by atoms with Crippen LogP contribution < -0.4 is 80.0 Å². The van der Waals surface area contributed by atoms with Crippen LogP contribution in [0.2, 0.25) is 10.6 Å². The molecule has 0 atom stereocenters. The van der Waals surface area contributed by atoms with E-state index in [2.05, 4.69) is 66.3 Å². The van der Waals surface area contributed by atoms with Crippen molar-refractivity contribution >= 4 is 174 Å². The van der Waals surface area contributed by atoms with Crippen molar-refractivity contribution in [3.05, 3.63) is 108 Å². The monoisotopic (exact) mass is 1450 g/mol. The van der Waals surface area contributed by atoms with Crippen molar-refractivity contribution in [1.82, 2.24) is 34.8 Å². The number of benzene rings is 7. The molecule has 1 aliphatic rings. The van der Waals surface area contributed by atoms with E-state index in [0.717, 1.165) is 60.7 Å². The smallest absolute Gasteiger partial charge is 0.744 e. The largest absolute Gasteiger partial charge is 1.00 e. The van der Waals surface area contributed by atoms with Gasteiger partial charge < -0.3 is 40.2 Å². The molecule has 3 heterocycles. The molecule has 0 amide bonds. The molecule has 1 aliphatic heterocycles. The first-order valence-corrected chi connectivity index (χ1v) is 34.4. The minimum atomic E-state index is -5.50. The molecule has 10 rings (SSSR count). The Morgan fingerprint density at radius 1 is 0.505 bits per heavy atom. The number of phenolic OH excluding ortho intramolecular Hbond substituents is 2. The normalized spacial score (nSPS) is 13.8. The SMILES string of the molecule is O=S(=O)([O-])c1ccccc1N=Nc1c(S(=O)(=O)O)cc2cc(S(=O)(=O)O)cc(Nc3nc(Cl)nc(NCCN4CCN(c5nc(Cl)nc(Nc6ccc7c(O)c(N=Nc8ccc9c(S(=O)(=O)O)cccc9c8S(=O)(=O)[O-])c(S(=O)(=O)O)cc7c6)n5)CC4)n3)c2c1O.[Na+].[Na+]. The Kier molecular flexibility index (Phi) is 21.4. The molecule has 9 aromatic rings. The predicted molar refractivity (Wildman–Crippen MR) is 319 cm³/mol. The van der Waals surface area contributed by atoms with E-state index in [9.17, 15) is 88.0 Å². The molecule has 0 bridgehead atoms. The molecule has 35 nitrogen and oxygen atoms in total. The van der Waals surface area contributed by atoms with Gasteiger partial charge in [0.25, 0.3) is 40.5 Å². The second-order valence-electron chi connectivity index (χ2n) is 19.1. The number of piperazine rings is 1. The van der Waals surface area contributed by atoms with Gasteiger partial charge in [0.05, 0.1) is 20.4 Å². The maximum absolute atomic E-state index is 12.7. The van der Waals surface area contributed by atoms with Crippen molar-refractivity contribution in [1.29, 1.82) is 0 Å². The summed E-state index contributed by atoms with van der Waals surface area (Å²) in [6, 6.07) is 16.4. The number of nitrogens with zero attached hydrogens (tertiary/aromatic N) is 12. The Labute approximate surface area is 579 Å². The van der Waals surface area contributed by atoms with E-state index in [1.165, 1.54) is 30.3 Å². The van der Waals surface area contributed by atoms with Crippen molar-refractivity contribution in [2.75, 3.05) is 60.1 Å². The van der Waals surface area contributed by atoms with Crippen molar-refractivity contribution < 1.29 is 147 Å². The Hall–Kier alpha value is -6.66. The zero-order chi connectivity index (χ0) is 65.9. The molecule has 0 saturated carbocycles. The van der Waals surface area contributed by atoms with Gasteiger partial charge in [-0.25, -0.2) is 16.8 Å². The molecule has 45 heteroatoms. The van der Waals surface area contributed by atoms with Gasteiger partial charge in [0.1, 0.15) is 57.7 Å². The van der Waals surface area contributed by atoms with E-state index in [1.54, 1.807) is 4.90 Å². The molecule has 7 aromatic carbocycles. The number of azo groups is 2. The molecule has 0 spiro atoms. The van der Waals surface area contributed by atoms with Gasteiger partial charge >= 0.3 is 59.1 Å². The minimum Gasteiger partial charge on any atom is -0.744 e. The number of rotatable bonds is 19. The zero-order valence-corrected chi connectivity index (χ0v) is 57.4. The van der Waals surface area contributed by atoms with Crippen LogP contribution in [0.1, 0.15) is 0 Å². The summed E-state index contributed by atoms with van der Waals surface area (Å²) < 4.78 is 213. The molecule has 0 aliphatic carbocycles. The number of aromatic hydroxyl groups is 2. The number of halogens is 2. The first kappa shape index (κ1) is 72.2. The van der Waals surface area contributed by atoms with Crippen molar-refractivity contribution in [2.24, 2.45) is 20.5 Å². The number of phenols is 2. The molecule has 476 valence electrons. The van der Waals surface area contributed by atoms with Gasteiger partial charge in [-0.3, -0.25) is 23.1 Å². The molecule has 0 unspecified atom stereocenters. The summed E-state index contributed by atoms with van der Waals surface area (Å²) in [6.07, 6.45) is 0. The number of hydrogen-bond acceptors (Lipinski definition) is 31. The van der Waals surface area contributed by atoms with Crippen LogP contribution in [0.25, 0.3) is 32.3 Å². The maximum atomic E-state index is 12.7. The van der Waals surface area contributed by atoms with Crippen LogP contribution in [0.15, 0.2) is 147 Å². The van der Waals surface area contributed by atoms with Crippen LogP contribution in [0.5, 0.6) is 11.5 Å². The van der Waals surface area contributed by atoms with Crippen LogP contribution >= 0.6 is 23.2 Å². The Morgan fingerprint density at radius 2 is 1.08 bits per heavy atom. The number of hydrogen-bond donors (Lipinski definition) is 9. The predicted octanol–water partition coefficient (Wildman–Crippen LogP) is 0.589. The first-order chi connectivity index (χ1) is 42.5. The first-order valence-electron chi connectivity index (χ1n) is 25.0. The van der Waals surface area contributed by atoms with E-state index in [0.29, 0.717) is 38.8 Å². The Morgan fingerprint density at radius 3 is 1.70 bits per heavy atom. The van der Waals surface area contributed by atoms with Gasteiger partial charge in [0, 0.05) is 66.5 Å². The fraction of sp³-hybridized carbons (Fsp3) is 0.125. The standard InChI is InChI=1S/C48H39Cl2N15O20S6.2Na/c49-43-54-45(58-47(55-43)53-32-22-26(86(68,69)70)19-24-21-36(90(80,81)82)39(41(67)37(24)32)63-60-30-5-1-2-6-34(30)88(74,75)76)51-12-13-64-14-16-65(17-15-64)48-57-44(50)56-46(59-48)52-25-8-9-27-23(18-25)20-35(89(77,78)79)38(40(27)66)62-61-31-11-10-28-29(42(31)91(83,84)85)4-3-7-33(28)87(71,72)73;;/h1-11,18-22,66-67H,12-17H2,(H,68,69,70)(H,71,72,73)(H,74,75,76)(H,77,78,79)(H,80,81,82)(H,83,84,85)(H,52,56,57,59)(H2,51,53,54,55,58);;/q;2*+1/p-2. The van der Waals surface area contributed by atoms with Gasteiger partial charge in [0.2, 0.25) is 34.4 Å². The fourth-order valence-corrected chi connectivity index (χ4v) is 13.6. The van der Waals surface area contributed by atoms with E-state index >= 15 is 0 Å².